The lowest BCUT2D eigenvalue weighted by Gasteiger charge is -2.19. The van der Waals surface area contributed by atoms with Gasteiger partial charge >= 0.3 is 27.2 Å². The summed E-state index contributed by atoms with van der Waals surface area (Å²) in [6.45, 7) is 5.46. The van der Waals surface area contributed by atoms with E-state index in [-0.39, 0.29) is 33.8 Å². The second kappa shape index (κ2) is 7.63. The van der Waals surface area contributed by atoms with Gasteiger partial charge in [-0.2, -0.15) is 0 Å². The largest absolute Gasteiger partial charge is 0.482 e. The van der Waals surface area contributed by atoms with E-state index >= 15 is 0 Å². The van der Waals surface area contributed by atoms with Gasteiger partial charge in [-0.1, -0.05) is 18.2 Å². The standard InChI is InChI=1S/C18H20IO3/c1-18(2,3)22-17(20)13-21-16-11-9-15(10-12-16)19-14-7-5-4-6-8-14/h4-12H,13H2,1-3H3/q+1. The lowest BCUT2D eigenvalue weighted by molar-refractivity contribution is -0.597. The first-order valence-electron chi connectivity index (χ1n) is 7.07. The summed E-state index contributed by atoms with van der Waals surface area (Å²) in [5.41, 5.74) is -0.482. The maximum absolute atomic E-state index is 11.6. The Labute approximate surface area is 141 Å². The summed E-state index contributed by atoms with van der Waals surface area (Å²) in [7, 11) is 0. The summed E-state index contributed by atoms with van der Waals surface area (Å²) in [6, 6.07) is 18.4. The van der Waals surface area contributed by atoms with E-state index in [0.717, 1.165) is 0 Å². The molecule has 0 amide bonds. The fourth-order valence-corrected chi connectivity index (χ4v) is 3.92. The average molecular weight is 411 g/mol. The third-order valence-corrected chi connectivity index (χ3v) is 5.23. The first-order chi connectivity index (χ1) is 10.4. The van der Waals surface area contributed by atoms with Crippen molar-refractivity contribution in [2.24, 2.45) is 0 Å². The smallest absolute Gasteiger partial charge is 0.357 e. The molecule has 4 heteroatoms. The van der Waals surface area contributed by atoms with Crippen molar-refractivity contribution in [3.63, 3.8) is 0 Å². The zero-order chi connectivity index (χ0) is 16.0. The van der Waals surface area contributed by atoms with Crippen LogP contribution in [0.4, 0.5) is 0 Å². The van der Waals surface area contributed by atoms with Gasteiger partial charge in [-0.15, -0.1) is 0 Å². The van der Waals surface area contributed by atoms with Crippen LogP contribution in [0, 0.1) is 7.14 Å². The molecule has 0 unspecified atom stereocenters. The molecule has 0 heterocycles. The van der Waals surface area contributed by atoms with Crippen molar-refractivity contribution < 1.29 is 35.5 Å². The SMILES string of the molecule is CC(C)(C)OC(=O)COc1ccc([I+]c2ccccc2)cc1. The fraction of sp³-hybridized carbons (Fsp3) is 0.278. The summed E-state index contributed by atoms with van der Waals surface area (Å²) in [6.07, 6.45) is 0. The monoisotopic (exact) mass is 411 g/mol. The molecule has 2 aromatic carbocycles. The molecule has 0 atom stereocenters. The van der Waals surface area contributed by atoms with Crippen LogP contribution in [-0.4, -0.2) is 18.2 Å². The second-order valence-corrected chi connectivity index (χ2v) is 8.75. The lowest BCUT2D eigenvalue weighted by atomic mass is 10.2. The third-order valence-electron chi connectivity index (χ3n) is 2.54. The van der Waals surface area contributed by atoms with Gasteiger partial charge in [-0.05, 0) is 57.2 Å². The van der Waals surface area contributed by atoms with Crippen LogP contribution in [0.3, 0.4) is 0 Å². The van der Waals surface area contributed by atoms with Crippen molar-refractivity contribution in [1.82, 2.24) is 0 Å². The maximum Gasteiger partial charge on any atom is 0.357 e. The molecule has 0 fully saturated rings. The number of ether oxygens (including phenoxy) is 2. The number of benzene rings is 2. The molecule has 0 N–H and O–H groups in total. The minimum absolute atomic E-state index is 0.0651. The highest BCUT2D eigenvalue weighted by molar-refractivity contribution is 5.71. The fourth-order valence-electron chi connectivity index (χ4n) is 1.71. The molecule has 0 saturated carbocycles. The number of rotatable bonds is 5. The third kappa shape index (κ3) is 6.05. The van der Waals surface area contributed by atoms with Gasteiger partial charge in [0.05, 0.1) is 0 Å². The number of esters is 1. The van der Waals surface area contributed by atoms with E-state index in [1.165, 1.54) is 7.14 Å². The Morgan fingerprint density at radius 2 is 1.55 bits per heavy atom. The van der Waals surface area contributed by atoms with Crippen LogP contribution >= 0.6 is 0 Å². The topological polar surface area (TPSA) is 35.5 Å². The molecule has 0 aliphatic rings. The summed E-state index contributed by atoms with van der Waals surface area (Å²) in [4.78, 5) is 11.6. The first-order valence-corrected chi connectivity index (χ1v) is 9.23. The first kappa shape index (κ1) is 16.8. The molecule has 0 radical (unpaired) electrons. The van der Waals surface area contributed by atoms with E-state index in [0.29, 0.717) is 5.75 Å². The molecule has 0 saturated heterocycles. The summed E-state index contributed by atoms with van der Waals surface area (Å²) >= 11 is -0.173. The molecule has 116 valence electrons. The van der Waals surface area contributed by atoms with Crippen LogP contribution in [0.1, 0.15) is 20.8 Å². The lowest BCUT2D eigenvalue weighted by Crippen LogP contribution is -3.61. The van der Waals surface area contributed by atoms with E-state index in [1.54, 1.807) is 0 Å². The van der Waals surface area contributed by atoms with E-state index in [9.17, 15) is 4.79 Å². The number of hydrogen-bond acceptors (Lipinski definition) is 3. The van der Waals surface area contributed by atoms with Crippen molar-refractivity contribution in [2.45, 2.75) is 26.4 Å². The molecule has 2 rings (SSSR count). The molecule has 0 aliphatic carbocycles. The molecule has 0 aromatic heterocycles. The Balaban J connectivity index is 1.86. The molecule has 0 bridgehead atoms. The minimum Gasteiger partial charge on any atom is -0.482 e. The minimum atomic E-state index is -0.482. The highest BCUT2D eigenvalue weighted by atomic mass is 127. The molecule has 0 aliphatic heterocycles. The Bertz CT molecular complexity index is 600. The van der Waals surface area contributed by atoms with Gasteiger partial charge in [0.25, 0.3) is 0 Å². The average Bonchev–Trinajstić information content (AvgIpc) is 2.46. The van der Waals surface area contributed by atoms with E-state index in [1.807, 2.05) is 39.0 Å². The quantitative estimate of drug-likeness (QED) is 0.532. The van der Waals surface area contributed by atoms with Crippen molar-refractivity contribution in [2.75, 3.05) is 6.61 Å². The van der Waals surface area contributed by atoms with Crippen LogP contribution in [0.5, 0.6) is 5.75 Å². The van der Waals surface area contributed by atoms with E-state index in [2.05, 4.69) is 36.4 Å². The predicted octanol–water partition coefficient (Wildman–Crippen LogP) is 0.536. The molecule has 22 heavy (non-hydrogen) atoms. The zero-order valence-electron chi connectivity index (χ0n) is 13.0. The number of hydrogen-bond donors (Lipinski definition) is 0. The summed E-state index contributed by atoms with van der Waals surface area (Å²) < 4.78 is 13.4. The second-order valence-electron chi connectivity index (χ2n) is 5.72. The van der Waals surface area contributed by atoms with Gasteiger partial charge in [0.1, 0.15) is 11.4 Å². The van der Waals surface area contributed by atoms with Crippen molar-refractivity contribution in [3.8, 4) is 5.75 Å². The van der Waals surface area contributed by atoms with Crippen LogP contribution in [0.2, 0.25) is 0 Å². The number of carbonyl (C=O) groups is 1. The van der Waals surface area contributed by atoms with Crippen LogP contribution < -0.4 is 25.9 Å². The van der Waals surface area contributed by atoms with Gasteiger partial charge in [0.15, 0.2) is 13.7 Å². The predicted molar refractivity (Wildman–Crippen MR) is 81.6 cm³/mol. The van der Waals surface area contributed by atoms with Gasteiger partial charge in [0, 0.05) is 0 Å². The normalized spacial score (nSPS) is 11.0. The van der Waals surface area contributed by atoms with Gasteiger partial charge in [0.2, 0.25) is 0 Å². The van der Waals surface area contributed by atoms with Crippen LogP contribution in [0.25, 0.3) is 0 Å². The Morgan fingerprint density at radius 1 is 0.955 bits per heavy atom. The number of carbonyl (C=O) groups excluding carboxylic acids is 1. The Kier molecular flexibility index (Phi) is 5.83. The van der Waals surface area contributed by atoms with Crippen LogP contribution in [-0.2, 0) is 9.53 Å². The maximum atomic E-state index is 11.6. The van der Waals surface area contributed by atoms with Gasteiger partial charge in [-0.25, -0.2) is 4.79 Å². The Hall–Kier alpha value is -1.56. The Morgan fingerprint density at radius 3 is 2.14 bits per heavy atom. The molecular formula is C18H20IO3+. The summed E-state index contributed by atoms with van der Waals surface area (Å²) in [5, 5.41) is 0. The molecule has 2 aromatic rings. The van der Waals surface area contributed by atoms with Gasteiger partial charge in [-0.3, -0.25) is 0 Å². The molecule has 0 spiro atoms. The zero-order valence-corrected chi connectivity index (χ0v) is 15.2. The summed E-state index contributed by atoms with van der Waals surface area (Å²) in [5.74, 6) is 0.333. The highest BCUT2D eigenvalue weighted by Crippen LogP contribution is 2.10. The molecular weight excluding hydrogens is 391 g/mol. The van der Waals surface area contributed by atoms with E-state index < -0.39 is 5.60 Å². The van der Waals surface area contributed by atoms with Crippen molar-refractivity contribution in [1.29, 1.82) is 0 Å². The van der Waals surface area contributed by atoms with Gasteiger partial charge < -0.3 is 9.47 Å². The number of halogens is 1. The van der Waals surface area contributed by atoms with Crippen molar-refractivity contribution in [3.05, 3.63) is 61.7 Å². The van der Waals surface area contributed by atoms with Crippen LogP contribution in [0.15, 0.2) is 54.6 Å². The molecule has 3 nitrogen and oxygen atoms in total. The van der Waals surface area contributed by atoms with Crippen molar-refractivity contribution >= 4 is 5.97 Å². The van der Waals surface area contributed by atoms with E-state index in [4.69, 9.17) is 9.47 Å². The highest BCUT2D eigenvalue weighted by Gasteiger charge is 2.17.